The fourth-order valence-electron chi connectivity index (χ4n) is 1.44. The van der Waals surface area contributed by atoms with Crippen molar-refractivity contribution in [3.8, 4) is 11.5 Å². The Hall–Kier alpha value is -2.62. The first-order valence-corrected chi connectivity index (χ1v) is 5.34. The average molecular weight is 241 g/mol. The molecule has 0 aliphatic rings. The SMILES string of the molecule is NC(=O)C(=O)c1ccc(Oc2ccccc2)cc1. The Balaban J connectivity index is 2.13. The zero-order valence-electron chi connectivity index (χ0n) is 9.50. The minimum absolute atomic E-state index is 0.253. The molecular formula is C14H11NO3. The Morgan fingerprint density at radius 2 is 1.39 bits per heavy atom. The Kier molecular flexibility index (Phi) is 3.38. The molecule has 2 N–H and O–H groups in total. The molecule has 0 aromatic heterocycles. The van der Waals surface area contributed by atoms with Crippen LogP contribution in [0.2, 0.25) is 0 Å². The van der Waals surface area contributed by atoms with Crippen molar-refractivity contribution in [1.82, 2.24) is 0 Å². The van der Waals surface area contributed by atoms with Gasteiger partial charge in [0.05, 0.1) is 0 Å². The summed E-state index contributed by atoms with van der Waals surface area (Å²) in [4.78, 5) is 22.0. The number of hydrogen-bond acceptors (Lipinski definition) is 3. The summed E-state index contributed by atoms with van der Waals surface area (Å²) in [7, 11) is 0. The van der Waals surface area contributed by atoms with E-state index >= 15 is 0 Å². The van der Waals surface area contributed by atoms with Gasteiger partial charge in [-0.05, 0) is 36.4 Å². The van der Waals surface area contributed by atoms with E-state index in [1.54, 1.807) is 12.1 Å². The van der Waals surface area contributed by atoms with Crippen molar-refractivity contribution in [2.45, 2.75) is 0 Å². The third kappa shape index (κ3) is 2.74. The molecule has 0 bridgehead atoms. The van der Waals surface area contributed by atoms with Gasteiger partial charge in [0.2, 0.25) is 5.78 Å². The lowest BCUT2D eigenvalue weighted by Crippen LogP contribution is -2.22. The van der Waals surface area contributed by atoms with E-state index in [4.69, 9.17) is 10.5 Å². The molecule has 2 rings (SSSR count). The van der Waals surface area contributed by atoms with Gasteiger partial charge in [-0.15, -0.1) is 0 Å². The maximum atomic E-state index is 11.3. The second-order valence-electron chi connectivity index (χ2n) is 3.63. The molecule has 0 atom stereocenters. The molecule has 0 aliphatic carbocycles. The van der Waals surface area contributed by atoms with Gasteiger partial charge in [0.15, 0.2) is 0 Å². The van der Waals surface area contributed by atoms with Crippen LogP contribution in [0.5, 0.6) is 11.5 Å². The molecule has 0 radical (unpaired) electrons. The van der Waals surface area contributed by atoms with Crippen molar-refractivity contribution in [3.05, 3.63) is 60.2 Å². The number of Topliss-reactive ketones (excluding diaryl/α,β-unsaturated/α-hetero) is 1. The number of benzene rings is 2. The maximum absolute atomic E-state index is 11.3. The van der Waals surface area contributed by atoms with Gasteiger partial charge in [-0.25, -0.2) is 0 Å². The first-order valence-electron chi connectivity index (χ1n) is 5.34. The molecule has 0 fully saturated rings. The van der Waals surface area contributed by atoms with E-state index in [0.717, 1.165) is 0 Å². The topological polar surface area (TPSA) is 69.4 Å². The highest BCUT2D eigenvalue weighted by Gasteiger charge is 2.11. The number of rotatable bonds is 4. The van der Waals surface area contributed by atoms with Crippen LogP contribution in [0.15, 0.2) is 54.6 Å². The second kappa shape index (κ2) is 5.14. The number of para-hydroxylation sites is 1. The average Bonchev–Trinajstić information content (AvgIpc) is 2.40. The Morgan fingerprint density at radius 1 is 0.833 bits per heavy atom. The van der Waals surface area contributed by atoms with Crippen LogP contribution in [0.25, 0.3) is 0 Å². The van der Waals surface area contributed by atoms with Crippen LogP contribution in [-0.4, -0.2) is 11.7 Å². The monoisotopic (exact) mass is 241 g/mol. The highest BCUT2D eigenvalue weighted by atomic mass is 16.5. The molecule has 4 heteroatoms. The van der Waals surface area contributed by atoms with Crippen molar-refractivity contribution in [2.75, 3.05) is 0 Å². The van der Waals surface area contributed by atoms with Crippen LogP contribution < -0.4 is 10.5 Å². The van der Waals surface area contributed by atoms with Crippen LogP contribution >= 0.6 is 0 Å². The largest absolute Gasteiger partial charge is 0.457 e. The minimum Gasteiger partial charge on any atom is -0.457 e. The molecular weight excluding hydrogens is 230 g/mol. The predicted octanol–water partition coefficient (Wildman–Crippen LogP) is 2.15. The van der Waals surface area contributed by atoms with Gasteiger partial charge in [-0.3, -0.25) is 9.59 Å². The van der Waals surface area contributed by atoms with Gasteiger partial charge >= 0.3 is 0 Å². The first kappa shape index (κ1) is 11.9. The van der Waals surface area contributed by atoms with E-state index < -0.39 is 11.7 Å². The molecule has 0 saturated heterocycles. The second-order valence-corrected chi connectivity index (χ2v) is 3.63. The van der Waals surface area contributed by atoms with Crippen LogP contribution in [-0.2, 0) is 4.79 Å². The maximum Gasteiger partial charge on any atom is 0.289 e. The standard InChI is InChI=1S/C14H11NO3/c15-14(17)13(16)10-6-8-12(9-7-10)18-11-4-2-1-3-5-11/h1-9H,(H2,15,17). The summed E-state index contributed by atoms with van der Waals surface area (Å²) < 4.78 is 5.55. The van der Waals surface area contributed by atoms with E-state index in [1.807, 2.05) is 30.3 Å². The smallest absolute Gasteiger partial charge is 0.289 e. The number of ketones is 1. The molecule has 0 saturated carbocycles. The molecule has 4 nitrogen and oxygen atoms in total. The molecule has 2 aromatic rings. The zero-order valence-corrected chi connectivity index (χ0v) is 9.50. The van der Waals surface area contributed by atoms with E-state index in [1.165, 1.54) is 12.1 Å². The van der Waals surface area contributed by atoms with E-state index in [0.29, 0.717) is 11.5 Å². The number of hydrogen-bond donors (Lipinski definition) is 1. The van der Waals surface area contributed by atoms with Crippen molar-refractivity contribution in [1.29, 1.82) is 0 Å². The minimum atomic E-state index is -0.966. The summed E-state index contributed by atoms with van der Waals surface area (Å²) in [5, 5.41) is 0. The summed E-state index contributed by atoms with van der Waals surface area (Å²) in [6.07, 6.45) is 0. The van der Waals surface area contributed by atoms with Gasteiger partial charge < -0.3 is 10.5 Å². The van der Waals surface area contributed by atoms with Crippen molar-refractivity contribution >= 4 is 11.7 Å². The lowest BCUT2D eigenvalue weighted by atomic mass is 10.1. The summed E-state index contributed by atoms with van der Waals surface area (Å²) in [6, 6.07) is 15.5. The fraction of sp³-hybridized carbons (Fsp3) is 0. The highest BCUT2D eigenvalue weighted by molar-refractivity contribution is 6.42. The van der Waals surface area contributed by atoms with Crippen molar-refractivity contribution in [3.63, 3.8) is 0 Å². The molecule has 1 amide bonds. The van der Waals surface area contributed by atoms with Gasteiger partial charge in [0.25, 0.3) is 5.91 Å². The first-order chi connectivity index (χ1) is 8.66. The van der Waals surface area contributed by atoms with Crippen molar-refractivity contribution in [2.24, 2.45) is 5.73 Å². The van der Waals surface area contributed by atoms with Crippen LogP contribution in [0.4, 0.5) is 0 Å². The molecule has 18 heavy (non-hydrogen) atoms. The predicted molar refractivity (Wildman–Crippen MR) is 66.5 cm³/mol. The summed E-state index contributed by atoms with van der Waals surface area (Å²) >= 11 is 0. The quantitative estimate of drug-likeness (QED) is 0.658. The van der Waals surface area contributed by atoms with Crippen molar-refractivity contribution < 1.29 is 14.3 Å². The molecule has 90 valence electrons. The number of carbonyl (C=O) groups excluding carboxylic acids is 2. The summed E-state index contributed by atoms with van der Waals surface area (Å²) in [5.74, 6) is -0.387. The number of carbonyl (C=O) groups is 2. The molecule has 2 aromatic carbocycles. The van der Waals surface area contributed by atoms with Gasteiger partial charge in [0, 0.05) is 5.56 Å². The molecule has 0 heterocycles. The van der Waals surface area contributed by atoms with E-state index in [2.05, 4.69) is 0 Å². The lowest BCUT2D eigenvalue weighted by molar-refractivity contribution is -0.114. The number of amides is 1. The highest BCUT2D eigenvalue weighted by Crippen LogP contribution is 2.21. The Morgan fingerprint density at radius 3 is 1.94 bits per heavy atom. The third-order valence-corrected chi connectivity index (χ3v) is 2.32. The molecule has 0 unspecified atom stereocenters. The lowest BCUT2D eigenvalue weighted by Gasteiger charge is -2.05. The van der Waals surface area contributed by atoms with Gasteiger partial charge in [0.1, 0.15) is 11.5 Å². The zero-order chi connectivity index (χ0) is 13.0. The van der Waals surface area contributed by atoms with Gasteiger partial charge in [-0.2, -0.15) is 0 Å². The summed E-state index contributed by atoms with van der Waals surface area (Å²) in [5.41, 5.74) is 5.16. The number of ether oxygens (including phenoxy) is 1. The Bertz CT molecular complexity index is 561. The normalized spacial score (nSPS) is 9.78. The van der Waals surface area contributed by atoms with Gasteiger partial charge in [-0.1, -0.05) is 18.2 Å². The van der Waals surface area contributed by atoms with Crippen LogP contribution in [0.1, 0.15) is 10.4 Å². The number of primary amides is 1. The van der Waals surface area contributed by atoms with E-state index in [9.17, 15) is 9.59 Å². The third-order valence-electron chi connectivity index (χ3n) is 2.32. The van der Waals surface area contributed by atoms with Crippen LogP contribution in [0, 0.1) is 0 Å². The molecule has 0 aliphatic heterocycles. The summed E-state index contributed by atoms with van der Waals surface area (Å²) in [6.45, 7) is 0. The number of nitrogens with two attached hydrogens (primary N) is 1. The Labute approximate surface area is 104 Å². The fourth-order valence-corrected chi connectivity index (χ4v) is 1.44. The molecule has 0 spiro atoms. The van der Waals surface area contributed by atoms with Crippen LogP contribution in [0.3, 0.4) is 0 Å². The van der Waals surface area contributed by atoms with E-state index in [-0.39, 0.29) is 5.56 Å².